The van der Waals surface area contributed by atoms with Crippen LogP contribution in [0.15, 0.2) is 53.4 Å². The van der Waals surface area contributed by atoms with Crippen LogP contribution in [0.25, 0.3) is 11.1 Å². The minimum Gasteiger partial charge on any atom is -0.295 e. The first-order valence-corrected chi connectivity index (χ1v) is 9.05. The second-order valence-electron chi connectivity index (χ2n) is 5.59. The molecule has 4 nitrogen and oxygen atoms in total. The Morgan fingerprint density at radius 1 is 1.00 bits per heavy atom. The van der Waals surface area contributed by atoms with E-state index in [1.165, 1.54) is 6.92 Å². The highest BCUT2D eigenvalue weighted by Gasteiger charge is 2.16. The highest BCUT2D eigenvalue weighted by molar-refractivity contribution is 7.89. The first kappa shape index (κ1) is 17.4. The molecule has 1 N–H and O–H groups in total. The minimum absolute atomic E-state index is 0.0223. The van der Waals surface area contributed by atoms with Gasteiger partial charge in [0.1, 0.15) is 0 Å². The summed E-state index contributed by atoms with van der Waals surface area (Å²) in [4.78, 5) is 11.5. The van der Waals surface area contributed by atoms with Gasteiger partial charge < -0.3 is 0 Å². The van der Waals surface area contributed by atoms with E-state index in [1.807, 2.05) is 26.0 Å². The first-order chi connectivity index (χ1) is 10.8. The first-order valence-electron chi connectivity index (χ1n) is 7.57. The summed E-state index contributed by atoms with van der Waals surface area (Å²) in [5, 5.41) is 0. The topological polar surface area (TPSA) is 63.2 Å². The van der Waals surface area contributed by atoms with Crippen molar-refractivity contribution in [2.24, 2.45) is 0 Å². The molecule has 0 bridgehead atoms. The molecule has 0 aliphatic heterocycles. The average Bonchev–Trinajstić information content (AvgIpc) is 2.54. The Labute approximate surface area is 137 Å². The molecule has 0 aromatic heterocycles. The Morgan fingerprint density at radius 2 is 1.48 bits per heavy atom. The van der Waals surface area contributed by atoms with Crippen molar-refractivity contribution in [1.29, 1.82) is 0 Å². The fourth-order valence-corrected chi connectivity index (χ4v) is 3.47. The second-order valence-corrected chi connectivity index (χ2v) is 7.30. The SMILES string of the molecule is CCC(C)NS(=O)(=O)c1ccc(-c2ccc(C(C)=O)cc2)cc1. The molecule has 5 heteroatoms. The molecule has 0 saturated carbocycles. The predicted octanol–water partition coefficient (Wildman–Crippen LogP) is 3.63. The van der Waals surface area contributed by atoms with Crippen molar-refractivity contribution in [2.75, 3.05) is 0 Å². The molecule has 2 aromatic carbocycles. The quantitative estimate of drug-likeness (QED) is 0.822. The van der Waals surface area contributed by atoms with E-state index in [1.54, 1.807) is 36.4 Å². The van der Waals surface area contributed by atoms with Crippen LogP contribution in [0.2, 0.25) is 0 Å². The van der Waals surface area contributed by atoms with Gasteiger partial charge in [0.25, 0.3) is 0 Å². The number of hydrogen-bond acceptors (Lipinski definition) is 3. The number of carbonyl (C=O) groups excluding carboxylic acids is 1. The summed E-state index contributed by atoms with van der Waals surface area (Å²) >= 11 is 0. The monoisotopic (exact) mass is 331 g/mol. The molecule has 0 radical (unpaired) electrons. The molecular formula is C18H21NO3S. The van der Waals surface area contributed by atoms with E-state index in [0.29, 0.717) is 5.56 Å². The largest absolute Gasteiger partial charge is 0.295 e. The summed E-state index contributed by atoms with van der Waals surface area (Å²) < 4.78 is 27.1. The number of ketones is 1. The van der Waals surface area contributed by atoms with Crippen LogP contribution in [0.5, 0.6) is 0 Å². The third-order valence-electron chi connectivity index (χ3n) is 3.76. The van der Waals surface area contributed by atoms with E-state index < -0.39 is 10.0 Å². The Kier molecular flexibility index (Phi) is 5.34. The Hall–Kier alpha value is -1.98. The van der Waals surface area contributed by atoms with Crippen LogP contribution in [-0.4, -0.2) is 20.2 Å². The summed E-state index contributed by atoms with van der Waals surface area (Å²) in [6.45, 7) is 5.29. The van der Waals surface area contributed by atoms with E-state index in [0.717, 1.165) is 17.5 Å². The summed E-state index contributed by atoms with van der Waals surface area (Å²) in [7, 11) is -3.48. The number of rotatable bonds is 6. The maximum absolute atomic E-state index is 12.2. The fourth-order valence-electron chi connectivity index (χ4n) is 2.14. The van der Waals surface area contributed by atoms with Crippen molar-refractivity contribution in [3.05, 3.63) is 54.1 Å². The van der Waals surface area contributed by atoms with Gasteiger partial charge in [0.15, 0.2) is 5.78 Å². The van der Waals surface area contributed by atoms with Crippen LogP contribution in [0.3, 0.4) is 0 Å². The van der Waals surface area contributed by atoms with Crippen molar-refractivity contribution in [2.45, 2.75) is 38.1 Å². The molecule has 0 amide bonds. The third kappa shape index (κ3) is 4.27. The van der Waals surface area contributed by atoms with Crippen molar-refractivity contribution < 1.29 is 13.2 Å². The Bertz CT molecular complexity index is 778. The average molecular weight is 331 g/mol. The van der Waals surface area contributed by atoms with E-state index in [2.05, 4.69) is 4.72 Å². The van der Waals surface area contributed by atoms with Crippen molar-refractivity contribution in [3.63, 3.8) is 0 Å². The van der Waals surface area contributed by atoms with Gasteiger partial charge in [-0.05, 0) is 43.5 Å². The molecule has 0 aliphatic rings. The Morgan fingerprint density at radius 3 is 1.91 bits per heavy atom. The van der Waals surface area contributed by atoms with Gasteiger partial charge in [0.2, 0.25) is 10.0 Å². The van der Waals surface area contributed by atoms with Gasteiger partial charge in [-0.3, -0.25) is 4.79 Å². The number of Topliss-reactive ketones (excluding diaryl/α,β-unsaturated/α-hetero) is 1. The van der Waals surface area contributed by atoms with Crippen molar-refractivity contribution >= 4 is 15.8 Å². The zero-order valence-corrected chi connectivity index (χ0v) is 14.4. The zero-order valence-electron chi connectivity index (χ0n) is 13.5. The van der Waals surface area contributed by atoms with Crippen LogP contribution in [-0.2, 0) is 10.0 Å². The number of nitrogens with one attached hydrogen (secondary N) is 1. The van der Waals surface area contributed by atoms with Gasteiger partial charge in [-0.1, -0.05) is 43.3 Å². The van der Waals surface area contributed by atoms with Gasteiger partial charge in [0, 0.05) is 11.6 Å². The summed E-state index contributed by atoms with van der Waals surface area (Å²) in [5.74, 6) is 0.0223. The van der Waals surface area contributed by atoms with Gasteiger partial charge in [-0.2, -0.15) is 0 Å². The molecule has 23 heavy (non-hydrogen) atoms. The lowest BCUT2D eigenvalue weighted by molar-refractivity contribution is 0.101. The number of hydrogen-bond donors (Lipinski definition) is 1. The van der Waals surface area contributed by atoms with Crippen molar-refractivity contribution in [3.8, 4) is 11.1 Å². The van der Waals surface area contributed by atoms with Crippen LogP contribution < -0.4 is 4.72 Å². The minimum atomic E-state index is -3.48. The maximum Gasteiger partial charge on any atom is 0.240 e. The molecule has 1 unspecified atom stereocenters. The number of carbonyl (C=O) groups is 1. The fraction of sp³-hybridized carbons (Fsp3) is 0.278. The lowest BCUT2D eigenvalue weighted by Crippen LogP contribution is -2.31. The molecule has 122 valence electrons. The number of sulfonamides is 1. The lowest BCUT2D eigenvalue weighted by atomic mass is 10.0. The van der Waals surface area contributed by atoms with E-state index >= 15 is 0 Å². The van der Waals surface area contributed by atoms with Crippen LogP contribution in [0.1, 0.15) is 37.6 Å². The molecule has 2 aromatic rings. The van der Waals surface area contributed by atoms with Crippen molar-refractivity contribution in [1.82, 2.24) is 4.72 Å². The molecule has 2 rings (SSSR count). The highest BCUT2D eigenvalue weighted by atomic mass is 32.2. The summed E-state index contributed by atoms with van der Waals surface area (Å²) in [5.41, 5.74) is 2.50. The molecule has 0 fully saturated rings. The van der Waals surface area contributed by atoms with Crippen LogP contribution >= 0.6 is 0 Å². The molecule has 0 aliphatic carbocycles. The van der Waals surface area contributed by atoms with Gasteiger partial charge in [-0.15, -0.1) is 0 Å². The summed E-state index contributed by atoms with van der Waals surface area (Å²) in [6, 6.07) is 13.9. The lowest BCUT2D eigenvalue weighted by Gasteiger charge is -2.12. The van der Waals surface area contributed by atoms with Crippen LogP contribution in [0.4, 0.5) is 0 Å². The number of benzene rings is 2. The van der Waals surface area contributed by atoms with Gasteiger partial charge in [0.05, 0.1) is 4.90 Å². The second kappa shape index (κ2) is 7.06. The van der Waals surface area contributed by atoms with E-state index in [-0.39, 0.29) is 16.7 Å². The smallest absolute Gasteiger partial charge is 0.240 e. The molecular weight excluding hydrogens is 310 g/mol. The van der Waals surface area contributed by atoms with E-state index in [9.17, 15) is 13.2 Å². The molecule has 1 atom stereocenters. The summed E-state index contributed by atoms with van der Waals surface area (Å²) in [6.07, 6.45) is 0.736. The van der Waals surface area contributed by atoms with Crippen LogP contribution in [0, 0.1) is 0 Å². The van der Waals surface area contributed by atoms with E-state index in [4.69, 9.17) is 0 Å². The third-order valence-corrected chi connectivity index (χ3v) is 5.36. The molecule has 0 heterocycles. The Balaban J connectivity index is 2.24. The van der Waals surface area contributed by atoms with Gasteiger partial charge in [-0.25, -0.2) is 13.1 Å². The van der Waals surface area contributed by atoms with Gasteiger partial charge >= 0.3 is 0 Å². The zero-order chi connectivity index (χ0) is 17.0. The normalized spacial score (nSPS) is 12.8. The highest BCUT2D eigenvalue weighted by Crippen LogP contribution is 2.22. The molecule has 0 saturated heterocycles. The maximum atomic E-state index is 12.2. The molecule has 0 spiro atoms. The standard InChI is InChI=1S/C18H21NO3S/c1-4-13(2)19-23(21,22)18-11-9-17(10-12-18)16-7-5-15(6-8-16)14(3)20/h5-13,19H,4H2,1-3H3. The predicted molar refractivity (Wildman–Crippen MR) is 92.0 cm³/mol.